The Morgan fingerprint density at radius 2 is 2.00 bits per heavy atom. The average molecular weight is 240 g/mol. The Bertz CT molecular complexity index is 226. The minimum absolute atomic E-state index is 0.00707. The topological polar surface area (TPSA) is 35.5 Å². The molecule has 2 rings (SSSR count). The van der Waals surface area contributed by atoms with Crippen molar-refractivity contribution in [3.63, 3.8) is 0 Å². The molecule has 3 nitrogen and oxygen atoms in total. The van der Waals surface area contributed by atoms with Crippen LogP contribution in [0.4, 0.5) is 0 Å². The Labute approximate surface area is 106 Å². The number of aliphatic hydroxyl groups is 1. The van der Waals surface area contributed by atoms with Gasteiger partial charge in [0.15, 0.2) is 0 Å². The van der Waals surface area contributed by atoms with Gasteiger partial charge in [0.1, 0.15) is 0 Å². The molecule has 0 aromatic carbocycles. The van der Waals surface area contributed by atoms with Crippen LogP contribution in [-0.2, 0) is 0 Å². The van der Waals surface area contributed by atoms with Crippen LogP contribution < -0.4 is 5.32 Å². The summed E-state index contributed by atoms with van der Waals surface area (Å²) in [4.78, 5) is 2.59. The molecule has 2 fully saturated rings. The third-order valence-corrected chi connectivity index (χ3v) is 4.40. The summed E-state index contributed by atoms with van der Waals surface area (Å²) in [7, 11) is 0. The largest absolute Gasteiger partial charge is 0.393 e. The fourth-order valence-electron chi connectivity index (χ4n) is 3.04. The van der Waals surface area contributed by atoms with Gasteiger partial charge in [0.25, 0.3) is 0 Å². The molecule has 0 radical (unpaired) electrons. The van der Waals surface area contributed by atoms with E-state index in [0.29, 0.717) is 12.1 Å². The molecule has 1 heterocycles. The highest BCUT2D eigenvalue weighted by Gasteiger charge is 2.27. The summed E-state index contributed by atoms with van der Waals surface area (Å²) >= 11 is 0. The first-order chi connectivity index (χ1) is 8.15. The summed E-state index contributed by atoms with van der Waals surface area (Å²) in [5.41, 5.74) is 0. The van der Waals surface area contributed by atoms with Crippen LogP contribution >= 0.6 is 0 Å². The van der Waals surface area contributed by atoms with Crippen LogP contribution in [0.25, 0.3) is 0 Å². The first kappa shape index (κ1) is 13.3. The number of nitrogens with zero attached hydrogens (tertiary/aromatic N) is 1. The number of rotatable bonds is 4. The van der Waals surface area contributed by atoms with Crippen LogP contribution in [0.1, 0.15) is 46.0 Å². The van der Waals surface area contributed by atoms with Gasteiger partial charge in [0, 0.05) is 12.1 Å². The molecule has 0 aromatic rings. The number of hydrogen-bond acceptors (Lipinski definition) is 3. The standard InChI is InChI=1S/C14H28N2O/c1-11(2)16-6-3-4-13(5-7-16)15-10-12-8-14(17)9-12/h11-15,17H,3-10H2,1-2H3. The van der Waals surface area contributed by atoms with Gasteiger partial charge in [-0.2, -0.15) is 0 Å². The molecule has 17 heavy (non-hydrogen) atoms. The van der Waals surface area contributed by atoms with Gasteiger partial charge in [0.05, 0.1) is 6.10 Å². The first-order valence-electron chi connectivity index (χ1n) is 7.30. The van der Waals surface area contributed by atoms with Crippen molar-refractivity contribution in [1.29, 1.82) is 0 Å². The van der Waals surface area contributed by atoms with E-state index in [1.165, 1.54) is 32.4 Å². The molecule has 2 aliphatic rings. The Morgan fingerprint density at radius 3 is 2.65 bits per heavy atom. The second-order valence-electron chi connectivity index (χ2n) is 6.16. The fourth-order valence-corrected chi connectivity index (χ4v) is 3.04. The lowest BCUT2D eigenvalue weighted by Gasteiger charge is -2.33. The number of aliphatic hydroxyl groups excluding tert-OH is 1. The molecule has 1 saturated heterocycles. The molecule has 0 amide bonds. The third-order valence-electron chi connectivity index (χ3n) is 4.40. The predicted octanol–water partition coefficient (Wildman–Crippen LogP) is 1.61. The van der Waals surface area contributed by atoms with Crippen LogP contribution in [0.5, 0.6) is 0 Å². The maximum Gasteiger partial charge on any atom is 0.0546 e. The lowest BCUT2D eigenvalue weighted by Crippen LogP contribution is -2.40. The van der Waals surface area contributed by atoms with Crippen molar-refractivity contribution in [3.8, 4) is 0 Å². The van der Waals surface area contributed by atoms with Crippen molar-refractivity contribution in [1.82, 2.24) is 10.2 Å². The molecule has 1 aliphatic carbocycles. The van der Waals surface area contributed by atoms with Crippen LogP contribution in [0.15, 0.2) is 0 Å². The zero-order valence-electron chi connectivity index (χ0n) is 11.4. The molecule has 0 bridgehead atoms. The van der Waals surface area contributed by atoms with Crippen LogP contribution in [0, 0.1) is 5.92 Å². The zero-order valence-corrected chi connectivity index (χ0v) is 11.4. The van der Waals surface area contributed by atoms with Crippen molar-refractivity contribution in [2.24, 2.45) is 5.92 Å². The average Bonchev–Trinajstić information content (AvgIpc) is 2.48. The molecular weight excluding hydrogens is 212 g/mol. The third kappa shape index (κ3) is 3.94. The van der Waals surface area contributed by atoms with Gasteiger partial charge in [-0.15, -0.1) is 0 Å². The highest BCUT2D eigenvalue weighted by Crippen LogP contribution is 2.26. The van der Waals surface area contributed by atoms with E-state index >= 15 is 0 Å². The van der Waals surface area contributed by atoms with Gasteiger partial charge in [-0.1, -0.05) is 0 Å². The van der Waals surface area contributed by atoms with Gasteiger partial charge < -0.3 is 15.3 Å². The first-order valence-corrected chi connectivity index (χ1v) is 7.30. The Balaban J connectivity index is 1.64. The quantitative estimate of drug-likeness (QED) is 0.783. The highest BCUT2D eigenvalue weighted by molar-refractivity contribution is 4.83. The van der Waals surface area contributed by atoms with Crippen molar-refractivity contribution in [2.75, 3.05) is 19.6 Å². The van der Waals surface area contributed by atoms with Crippen molar-refractivity contribution in [3.05, 3.63) is 0 Å². The van der Waals surface area contributed by atoms with E-state index in [9.17, 15) is 5.11 Å². The number of likely N-dealkylation sites (tertiary alicyclic amines) is 1. The van der Waals surface area contributed by atoms with E-state index < -0.39 is 0 Å². The summed E-state index contributed by atoms with van der Waals surface area (Å²) in [6.07, 6.45) is 5.94. The molecular formula is C14H28N2O. The summed E-state index contributed by atoms with van der Waals surface area (Å²) < 4.78 is 0. The predicted molar refractivity (Wildman–Crippen MR) is 71.1 cm³/mol. The normalized spacial score (nSPS) is 35.6. The Kier molecular flexibility index (Phi) is 4.83. The van der Waals surface area contributed by atoms with Crippen LogP contribution in [0.2, 0.25) is 0 Å². The van der Waals surface area contributed by atoms with Crippen molar-refractivity contribution in [2.45, 2.75) is 64.1 Å². The maximum atomic E-state index is 9.26. The molecule has 100 valence electrons. The number of hydrogen-bond donors (Lipinski definition) is 2. The Morgan fingerprint density at radius 1 is 1.24 bits per heavy atom. The SMILES string of the molecule is CC(C)N1CCCC(NCC2CC(O)C2)CC1. The van der Waals surface area contributed by atoms with Gasteiger partial charge in [-0.05, 0) is 71.5 Å². The molecule has 0 spiro atoms. The number of nitrogens with one attached hydrogen (secondary N) is 1. The molecule has 3 heteroatoms. The van der Waals surface area contributed by atoms with Crippen molar-refractivity contribution >= 4 is 0 Å². The summed E-state index contributed by atoms with van der Waals surface area (Å²) in [5, 5.41) is 13.0. The van der Waals surface area contributed by atoms with E-state index in [1.54, 1.807) is 0 Å². The minimum atomic E-state index is -0.00707. The zero-order chi connectivity index (χ0) is 12.3. The molecule has 0 aromatic heterocycles. The minimum Gasteiger partial charge on any atom is -0.393 e. The molecule has 1 aliphatic heterocycles. The van der Waals surface area contributed by atoms with Crippen molar-refractivity contribution < 1.29 is 5.11 Å². The molecule has 2 N–H and O–H groups in total. The van der Waals surface area contributed by atoms with E-state index in [0.717, 1.165) is 25.3 Å². The molecule has 1 saturated carbocycles. The van der Waals surface area contributed by atoms with Crippen LogP contribution in [0.3, 0.4) is 0 Å². The van der Waals surface area contributed by atoms with E-state index in [-0.39, 0.29) is 6.10 Å². The fraction of sp³-hybridized carbons (Fsp3) is 1.00. The lowest BCUT2D eigenvalue weighted by molar-refractivity contribution is 0.0416. The molecule has 1 atom stereocenters. The van der Waals surface area contributed by atoms with E-state index in [2.05, 4.69) is 24.1 Å². The van der Waals surface area contributed by atoms with Gasteiger partial charge in [0.2, 0.25) is 0 Å². The van der Waals surface area contributed by atoms with Crippen LogP contribution in [-0.4, -0.2) is 47.8 Å². The summed E-state index contributed by atoms with van der Waals surface area (Å²) in [6.45, 7) is 8.21. The lowest BCUT2D eigenvalue weighted by atomic mass is 9.82. The smallest absolute Gasteiger partial charge is 0.0546 e. The van der Waals surface area contributed by atoms with Gasteiger partial charge >= 0.3 is 0 Å². The maximum absolute atomic E-state index is 9.26. The highest BCUT2D eigenvalue weighted by atomic mass is 16.3. The summed E-state index contributed by atoms with van der Waals surface area (Å²) in [6, 6.07) is 1.40. The van der Waals surface area contributed by atoms with E-state index in [4.69, 9.17) is 0 Å². The summed E-state index contributed by atoms with van der Waals surface area (Å²) in [5.74, 6) is 0.731. The van der Waals surface area contributed by atoms with Gasteiger partial charge in [-0.25, -0.2) is 0 Å². The second-order valence-corrected chi connectivity index (χ2v) is 6.16. The molecule has 1 unspecified atom stereocenters. The monoisotopic (exact) mass is 240 g/mol. The van der Waals surface area contributed by atoms with Gasteiger partial charge in [-0.3, -0.25) is 0 Å². The van der Waals surface area contributed by atoms with E-state index in [1.807, 2.05) is 0 Å². The second kappa shape index (κ2) is 6.17. The Hall–Kier alpha value is -0.120.